The van der Waals surface area contributed by atoms with Crippen molar-refractivity contribution in [3.05, 3.63) is 0 Å². The van der Waals surface area contributed by atoms with Gasteiger partial charge in [-0.15, -0.1) is 0 Å². The Kier molecular flexibility index (Phi) is 2.70. The van der Waals surface area contributed by atoms with Crippen LogP contribution >= 0.6 is 0 Å². The van der Waals surface area contributed by atoms with Crippen molar-refractivity contribution in [2.45, 2.75) is 44.6 Å². The zero-order chi connectivity index (χ0) is 9.97. The minimum Gasteiger partial charge on any atom is -0.410 e. The average Bonchev–Trinajstić information content (AvgIpc) is 2.61. The summed E-state index contributed by atoms with van der Waals surface area (Å²) in [4.78, 5) is 13.6. The number of oxime groups is 1. The smallest absolute Gasteiger partial charge is 0.271 e. The molecule has 1 aliphatic carbocycles. The van der Waals surface area contributed by atoms with Gasteiger partial charge in [0.05, 0.1) is 0 Å². The highest BCUT2D eigenvalue weighted by Gasteiger charge is 2.33. The van der Waals surface area contributed by atoms with E-state index in [1.165, 1.54) is 19.3 Å². The van der Waals surface area contributed by atoms with Gasteiger partial charge in [0.15, 0.2) is 0 Å². The second kappa shape index (κ2) is 3.98. The Hall–Kier alpha value is -1.06. The Morgan fingerprint density at radius 2 is 2.00 bits per heavy atom. The van der Waals surface area contributed by atoms with Crippen molar-refractivity contribution in [1.82, 2.24) is 4.90 Å². The van der Waals surface area contributed by atoms with Gasteiger partial charge in [-0.05, 0) is 12.8 Å². The van der Waals surface area contributed by atoms with E-state index in [-0.39, 0.29) is 5.91 Å². The molecule has 0 atom stereocenters. The van der Waals surface area contributed by atoms with Crippen LogP contribution in [0.2, 0.25) is 0 Å². The highest BCUT2D eigenvalue weighted by Crippen LogP contribution is 2.25. The molecule has 4 heteroatoms. The number of rotatable bonds is 1. The summed E-state index contributed by atoms with van der Waals surface area (Å²) in [6.07, 6.45) is 6.57. The van der Waals surface area contributed by atoms with Crippen LogP contribution in [0, 0.1) is 0 Å². The molecule has 78 valence electrons. The monoisotopic (exact) mass is 196 g/mol. The molecular formula is C10H16N2O2. The second-order valence-electron chi connectivity index (χ2n) is 4.09. The maximum atomic E-state index is 11.7. The van der Waals surface area contributed by atoms with Crippen molar-refractivity contribution < 1.29 is 10.0 Å². The van der Waals surface area contributed by atoms with Gasteiger partial charge in [-0.1, -0.05) is 24.4 Å². The van der Waals surface area contributed by atoms with Crippen LogP contribution < -0.4 is 0 Å². The van der Waals surface area contributed by atoms with Gasteiger partial charge in [0.25, 0.3) is 5.91 Å². The first-order valence-electron chi connectivity index (χ1n) is 5.35. The molecule has 0 unspecified atom stereocenters. The van der Waals surface area contributed by atoms with E-state index in [2.05, 4.69) is 5.16 Å². The topological polar surface area (TPSA) is 52.9 Å². The Morgan fingerprint density at radius 1 is 1.29 bits per heavy atom. The SMILES string of the molecule is O=C1/C(=N/O)CCN1C1CCCCC1. The Bertz CT molecular complexity index is 257. The van der Waals surface area contributed by atoms with Gasteiger partial charge in [0.1, 0.15) is 5.71 Å². The van der Waals surface area contributed by atoms with Crippen LogP contribution in [-0.2, 0) is 4.79 Å². The normalized spacial score (nSPS) is 27.6. The molecule has 1 saturated carbocycles. The molecule has 0 aromatic rings. The van der Waals surface area contributed by atoms with E-state index in [0.717, 1.165) is 19.4 Å². The lowest BCUT2D eigenvalue weighted by atomic mass is 9.94. The quantitative estimate of drug-likeness (QED) is 0.509. The van der Waals surface area contributed by atoms with E-state index in [1.54, 1.807) is 0 Å². The van der Waals surface area contributed by atoms with Crippen LogP contribution in [0.15, 0.2) is 5.16 Å². The predicted molar refractivity (Wildman–Crippen MR) is 52.4 cm³/mol. The first-order chi connectivity index (χ1) is 6.83. The van der Waals surface area contributed by atoms with Crippen molar-refractivity contribution >= 4 is 11.6 Å². The van der Waals surface area contributed by atoms with Gasteiger partial charge in [-0.2, -0.15) is 0 Å². The minimum absolute atomic E-state index is 0.0561. The molecule has 0 aromatic carbocycles. The molecule has 1 amide bonds. The summed E-state index contributed by atoms with van der Waals surface area (Å²) >= 11 is 0. The van der Waals surface area contributed by atoms with Gasteiger partial charge >= 0.3 is 0 Å². The molecule has 0 bridgehead atoms. The number of nitrogens with zero attached hydrogens (tertiary/aromatic N) is 2. The number of likely N-dealkylation sites (tertiary alicyclic amines) is 1. The first kappa shape index (κ1) is 9.49. The third-order valence-corrected chi connectivity index (χ3v) is 3.23. The van der Waals surface area contributed by atoms with Gasteiger partial charge < -0.3 is 10.1 Å². The molecule has 1 aliphatic heterocycles. The van der Waals surface area contributed by atoms with Gasteiger partial charge in [0.2, 0.25) is 0 Å². The number of hydrogen-bond donors (Lipinski definition) is 1. The number of amides is 1. The summed E-state index contributed by atoms with van der Waals surface area (Å²) in [5, 5.41) is 11.6. The molecule has 2 aliphatic rings. The maximum Gasteiger partial charge on any atom is 0.271 e. The van der Waals surface area contributed by atoms with Crippen LogP contribution in [0.3, 0.4) is 0 Å². The predicted octanol–water partition coefficient (Wildman–Crippen LogP) is 1.38. The summed E-state index contributed by atoms with van der Waals surface area (Å²) in [6.45, 7) is 0.739. The van der Waals surface area contributed by atoms with Crippen molar-refractivity contribution in [2.75, 3.05) is 6.54 Å². The summed E-state index contributed by atoms with van der Waals surface area (Å²) in [5.41, 5.74) is 0.329. The molecule has 4 nitrogen and oxygen atoms in total. The minimum atomic E-state index is -0.0561. The molecule has 0 radical (unpaired) electrons. The van der Waals surface area contributed by atoms with E-state index < -0.39 is 0 Å². The fourth-order valence-electron chi connectivity index (χ4n) is 2.43. The van der Waals surface area contributed by atoms with Crippen molar-refractivity contribution in [3.8, 4) is 0 Å². The maximum absolute atomic E-state index is 11.7. The standard InChI is InChI=1S/C10H16N2O2/c13-10-9(11-14)6-7-12(10)8-4-2-1-3-5-8/h8,14H,1-7H2/b11-9+. The van der Waals surface area contributed by atoms with Crippen LogP contribution in [0.25, 0.3) is 0 Å². The van der Waals surface area contributed by atoms with Crippen molar-refractivity contribution in [2.24, 2.45) is 5.16 Å². The fourth-order valence-corrected chi connectivity index (χ4v) is 2.43. The van der Waals surface area contributed by atoms with Gasteiger partial charge in [-0.25, -0.2) is 0 Å². The second-order valence-corrected chi connectivity index (χ2v) is 4.09. The Morgan fingerprint density at radius 3 is 2.57 bits per heavy atom. The lowest BCUT2D eigenvalue weighted by molar-refractivity contribution is -0.125. The van der Waals surface area contributed by atoms with E-state index in [1.807, 2.05) is 4.90 Å². The molecule has 14 heavy (non-hydrogen) atoms. The van der Waals surface area contributed by atoms with E-state index >= 15 is 0 Å². The zero-order valence-electron chi connectivity index (χ0n) is 8.28. The third-order valence-electron chi connectivity index (χ3n) is 3.23. The zero-order valence-corrected chi connectivity index (χ0v) is 8.28. The summed E-state index contributed by atoms with van der Waals surface area (Å²) < 4.78 is 0. The van der Waals surface area contributed by atoms with E-state index in [0.29, 0.717) is 18.2 Å². The van der Waals surface area contributed by atoms with Crippen LogP contribution in [0.1, 0.15) is 38.5 Å². The van der Waals surface area contributed by atoms with Gasteiger partial charge in [-0.3, -0.25) is 4.79 Å². The number of carbonyl (C=O) groups excluding carboxylic acids is 1. The lowest BCUT2D eigenvalue weighted by Crippen LogP contribution is -2.38. The molecule has 0 spiro atoms. The average molecular weight is 196 g/mol. The molecule has 2 fully saturated rings. The molecule has 1 heterocycles. The lowest BCUT2D eigenvalue weighted by Gasteiger charge is -2.30. The molecule has 2 rings (SSSR count). The summed E-state index contributed by atoms with van der Waals surface area (Å²) in [6, 6.07) is 0.399. The van der Waals surface area contributed by atoms with E-state index in [9.17, 15) is 4.79 Å². The highest BCUT2D eigenvalue weighted by molar-refractivity contribution is 6.40. The molecule has 0 aromatic heterocycles. The Balaban J connectivity index is 2.01. The van der Waals surface area contributed by atoms with Crippen LogP contribution in [-0.4, -0.2) is 34.3 Å². The van der Waals surface area contributed by atoms with Crippen molar-refractivity contribution in [3.63, 3.8) is 0 Å². The van der Waals surface area contributed by atoms with Crippen LogP contribution in [0.5, 0.6) is 0 Å². The number of hydrogen-bond acceptors (Lipinski definition) is 3. The summed E-state index contributed by atoms with van der Waals surface area (Å²) in [7, 11) is 0. The third kappa shape index (κ3) is 1.61. The van der Waals surface area contributed by atoms with Gasteiger partial charge in [0, 0.05) is 19.0 Å². The highest BCUT2D eigenvalue weighted by atomic mass is 16.4. The molecule has 1 N–H and O–H groups in total. The Labute approximate surface area is 83.6 Å². The van der Waals surface area contributed by atoms with Crippen LogP contribution in [0.4, 0.5) is 0 Å². The first-order valence-corrected chi connectivity index (χ1v) is 5.35. The fraction of sp³-hybridized carbons (Fsp3) is 0.800. The molecular weight excluding hydrogens is 180 g/mol. The van der Waals surface area contributed by atoms with Crippen molar-refractivity contribution in [1.29, 1.82) is 0 Å². The summed E-state index contributed by atoms with van der Waals surface area (Å²) in [5.74, 6) is -0.0561. The molecule has 1 saturated heterocycles. The van der Waals surface area contributed by atoms with E-state index in [4.69, 9.17) is 5.21 Å². The largest absolute Gasteiger partial charge is 0.410 e. The number of carbonyl (C=O) groups is 1.